The summed E-state index contributed by atoms with van der Waals surface area (Å²) in [5.41, 5.74) is 0.381. The van der Waals surface area contributed by atoms with Gasteiger partial charge in [-0.15, -0.1) is 0 Å². The average Bonchev–Trinajstić information content (AvgIpc) is 2.40. The topological polar surface area (TPSA) is 38.3 Å². The van der Waals surface area contributed by atoms with Crippen molar-refractivity contribution < 1.29 is 9.53 Å². The molecule has 0 bridgehead atoms. The van der Waals surface area contributed by atoms with Gasteiger partial charge < -0.3 is 10.1 Å². The standard InChI is InChI=1S/C13H15BrClNO2/c14-9-13(4-6-18-7-5-13)16-12(17)10-2-1-3-11(15)8-10/h1-3,8H,4-7,9H2,(H,16,17). The molecule has 0 radical (unpaired) electrons. The molecule has 1 N–H and O–H groups in total. The molecule has 0 aromatic heterocycles. The first-order chi connectivity index (χ1) is 8.65. The number of halogens is 2. The van der Waals surface area contributed by atoms with Crippen LogP contribution in [0.3, 0.4) is 0 Å². The lowest BCUT2D eigenvalue weighted by atomic mass is 9.92. The summed E-state index contributed by atoms with van der Waals surface area (Å²) in [4.78, 5) is 12.2. The Morgan fingerprint density at radius 2 is 2.17 bits per heavy atom. The van der Waals surface area contributed by atoms with E-state index in [9.17, 15) is 4.79 Å². The minimum Gasteiger partial charge on any atom is -0.381 e. The van der Waals surface area contributed by atoms with E-state index in [0.29, 0.717) is 23.8 Å². The van der Waals surface area contributed by atoms with E-state index in [-0.39, 0.29) is 11.4 Å². The van der Waals surface area contributed by atoms with Crippen LogP contribution in [0.15, 0.2) is 24.3 Å². The monoisotopic (exact) mass is 331 g/mol. The SMILES string of the molecule is O=C(NC1(CBr)CCOCC1)c1cccc(Cl)c1. The van der Waals surface area contributed by atoms with Crippen LogP contribution in [-0.4, -0.2) is 30.0 Å². The van der Waals surface area contributed by atoms with Gasteiger partial charge in [0.2, 0.25) is 0 Å². The summed E-state index contributed by atoms with van der Waals surface area (Å²) in [7, 11) is 0. The maximum atomic E-state index is 12.2. The Labute approximate surface area is 120 Å². The molecular formula is C13H15BrClNO2. The van der Waals surface area contributed by atoms with Crippen LogP contribution in [0.1, 0.15) is 23.2 Å². The second kappa shape index (κ2) is 6.04. The molecule has 1 aliphatic rings. The molecule has 18 heavy (non-hydrogen) atoms. The molecule has 1 aromatic rings. The molecule has 3 nitrogen and oxygen atoms in total. The predicted molar refractivity (Wildman–Crippen MR) is 75.5 cm³/mol. The normalized spacial score (nSPS) is 18.3. The number of ether oxygens (including phenoxy) is 1. The summed E-state index contributed by atoms with van der Waals surface area (Å²) < 4.78 is 5.34. The van der Waals surface area contributed by atoms with Gasteiger partial charge in [-0.2, -0.15) is 0 Å². The van der Waals surface area contributed by atoms with Crippen molar-refractivity contribution in [3.05, 3.63) is 34.9 Å². The van der Waals surface area contributed by atoms with E-state index >= 15 is 0 Å². The molecule has 98 valence electrons. The summed E-state index contributed by atoms with van der Waals surface area (Å²) in [5.74, 6) is -0.0844. The minimum absolute atomic E-state index is 0.0844. The van der Waals surface area contributed by atoms with Crippen LogP contribution < -0.4 is 5.32 Å². The fourth-order valence-corrected chi connectivity index (χ4v) is 2.89. The van der Waals surface area contributed by atoms with Crippen molar-refractivity contribution in [2.75, 3.05) is 18.5 Å². The van der Waals surface area contributed by atoms with Crippen molar-refractivity contribution in [3.8, 4) is 0 Å². The lowest BCUT2D eigenvalue weighted by Gasteiger charge is -2.36. The number of carbonyl (C=O) groups excluding carboxylic acids is 1. The first-order valence-corrected chi connectivity index (χ1v) is 7.37. The van der Waals surface area contributed by atoms with Crippen LogP contribution in [0.2, 0.25) is 5.02 Å². The molecule has 5 heteroatoms. The van der Waals surface area contributed by atoms with E-state index in [2.05, 4.69) is 21.2 Å². The molecule has 0 spiro atoms. The maximum absolute atomic E-state index is 12.2. The van der Waals surface area contributed by atoms with Crippen LogP contribution >= 0.6 is 27.5 Å². The van der Waals surface area contributed by atoms with Crippen molar-refractivity contribution in [1.29, 1.82) is 0 Å². The van der Waals surface area contributed by atoms with Crippen LogP contribution in [0, 0.1) is 0 Å². The Bertz CT molecular complexity index is 433. The number of nitrogens with one attached hydrogen (secondary N) is 1. The predicted octanol–water partition coefficient (Wildman–Crippen LogP) is 3.01. The summed E-state index contributed by atoms with van der Waals surface area (Å²) >= 11 is 9.38. The molecule has 1 amide bonds. The van der Waals surface area contributed by atoms with E-state index in [1.165, 1.54) is 0 Å². The van der Waals surface area contributed by atoms with Crippen LogP contribution in [0.25, 0.3) is 0 Å². The molecule has 0 atom stereocenters. The number of hydrogen-bond acceptors (Lipinski definition) is 2. The number of amides is 1. The number of alkyl halides is 1. The molecule has 1 fully saturated rings. The molecule has 1 heterocycles. The molecule has 0 saturated carbocycles. The zero-order chi connectivity index (χ0) is 13.0. The van der Waals surface area contributed by atoms with Gasteiger partial charge in [0.05, 0.1) is 5.54 Å². The van der Waals surface area contributed by atoms with Gasteiger partial charge in [-0.25, -0.2) is 0 Å². The summed E-state index contributed by atoms with van der Waals surface area (Å²) in [6, 6.07) is 6.98. The highest BCUT2D eigenvalue weighted by Gasteiger charge is 2.33. The fraction of sp³-hybridized carbons (Fsp3) is 0.462. The molecule has 0 aliphatic carbocycles. The number of carbonyl (C=O) groups is 1. The highest BCUT2D eigenvalue weighted by atomic mass is 79.9. The molecule has 1 aliphatic heterocycles. The first-order valence-electron chi connectivity index (χ1n) is 5.87. The smallest absolute Gasteiger partial charge is 0.251 e. The number of benzene rings is 1. The second-order valence-corrected chi connectivity index (χ2v) is 5.49. The lowest BCUT2D eigenvalue weighted by molar-refractivity contribution is 0.0442. The van der Waals surface area contributed by atoms with E-state index in [1.807, 2.05) is 0 Å². The number of hydrogen-bond donors (Lipinski definition) is 1. The summed E-state index contributed by atoms with van der Waals surface area (Å²) in [6.45, 7) is 1.36. The highest BCUT2D eigenvalue weighted by Crippen LogP contribution is 2.24. The molecule has 1 saturated heterocycles. The van der Waals surface area contributed by atoms with E-state index in [4.69, 9.17) is 16.3 Å². The fourth-order valence-electron chi connectivity index (χ4n) is 2.00. The molecule has 1 aromatic carbocycles. The first kappa shape index (κ1) is 13.8. The van der Waals surface area contributed by atoms with Crippen molar-refractivity contribution in [3.63, 3.8) is 0 Å². The van der Waals surface area contributed by atoms with Crippen molar-refractivity contribution >= 4 is 33.4 Å². The van der Waals surface area contributed by atoms with Gasteiger partial charge in [0.25, 0.3) is 5.91 Å². The zero-order valence-corrected chi connectivity index (χ0v) is 12.3. The Morgan fingerprint density at radius 3 is 2.78 bits per heavy atom. The lowest BCUT2D eigenvalue weighted by Crippen LogP contribution is -2.53. The Kier molecular flexibility index (Phi) is 4.65. The zero-order valence-electron chi connectivity index (χ0n) is 9.92. The average molecular weight is 333 g/mol. The van der Waals surface area contributed by atoms with E-state index < -0.39 is 0 Å². The van der Waals surface area contributed by atoms with Crippen LogP contribution in [-0.2, 0) is 4.74 Å². The Balaban J connectivity index is 2.10. The van der Waals surface area contributed by atoms with Crippen molar-refractivity contribution in [1.82, 2.24) is 5.32 Å². The third-order valence-electron chi connectivity index (χ3n) is 3.17. The number of rotatable bonds is 3. The summed E-state index contributed by atoms with van der Waals surface area (Å²) in [5, 5.41) is 4.40. The Hall–Kier alpha value is -0.580. The highest BCUT2D eigenvalue weighted by molar-refractivity contribution is 9.09. The second-order valence-electron chi connectivity index (χ2n) is 4.49. The quantitative estimate of drug-likeness (QED) is 0.864. The molecule has 2 rings (SSSR count). The van der Waals surface area contributed by atoms with Gasteiger partial charge in [0, 0.05) is 29.1 Å². The largest absolute Gasteiger partial charge is 0.381 e. The Morgan fingerprint density at radius 1 is 1.44 bits per heavy atom. The third-order valence-corrected chi connectivity index (χ3v) is 4.48. The van der Waals surface area contributed by atoms with Gasteiger partial charge in [-0.1, -0.05) is 33.6 Å². The van der Waals surface area contributed by atoms with Crippen LogP contribution in [0.4, 0.5) is 0 Å². The van der Waals surface area contributed by atoms with E-state index in [0.717, 1.165) is 18.2 Å². The minimum atomic E-state index is -0.211. The van der Waals surface area contributed by atoms with Gasteiger partial charge in [0.15, 0.2) is 0 Å². The molecular weight excluding hydrogens is 318 g/mol. The van der Waals surface area contributed by atoms with E-state index in [1.54, 1.807) is 24.3 Å². The third kappa shape index (κ3) is 3.25. The van der Waals surface area contributed by atoms with Crippen molar-refractivity contribution in [2.24, 2.45) is 0 Å². The van der Waals surface area contributed by atoms with Gasteiger partial charge >= 0.3 is 0 Å². The summed E-state index contributed by atoms with van der Waals surface area (Å²) in [6.07, 6.45) is 1.65. The van der Waals surface area contributed by atoms with Gasteiger partial charge in [0.1, 0.15) is 0 Å². The van der Waals surface area contributed by atoms with Crippen molar-refractivity contribution in [2.45, 2.75) is 18.4 Å². The van der Waals surface area contributed by atoms with Gasteiger partial charge in [-0.3, -0.25) is 4.79 Å². The molecule has 0 unspecified atom stereocenters. The van der Waals surface area contributed by atoms with Gasteiger partial charge in [-0.05, 0) is 31.0 Å². The van der Waals surface area contributed by atoms with Crippen LogP contribution in [0.5, 0.6) is 0 Å². The maximum Gasteiger partial charge on any atom is 0.251 e.